The number of ketones is 1. The predicted octanol–water partition coefficient (Wildman–Crippen LogP) is 2.70. The number of pyridine rings is 1. The van der Waals surface area contributed by atoms with Gasteiger partial charge in [0.25, 0.3) is 5.69 Å². The summed E-state index contributed by atoms with van der Waals surface area (Å²) in [6.45, 7) is 3.72. The van der Waals surface area contributed by atoms with Gasteiger partial charge in [-0.2, -0.15) is 0 Å². The highest BCUT2D eigenvalue weighted by molar-refractivity contribution is 5.99. The van der Waals surface area contributed by atoms with Crippen LogP contribution in [0.25, 0.3) is 0 Å². The number of nitro groups is 1. The second kappa shape index (κ2) is 7.63. The third kappa shape index (κ3) is 3.70. The molecule has 8 nitrogen and oxygen atoms in total. The van der Waals surface area contributed by atoms with Crippen molar-refractivity contribution in [1.29, 1.82) is 0 Å². The van der Waals surface area contributed by atoms with E-state index in [1.165, 1.54) is 19.1 Å². The molecule has 0 aliphatic carbocycles. The summed E-state index contributed by atoms with van der Waals surface area (Å²) < 4.78 is 0. The number of anilines is 1. The van der Waals surface area contributed by atoms with Crippen LogP contribution >= 0.6 is 0 Å². The Hall–Kier alpha value is -3.13. The van der Waals surface area contributed by atoms with E-state index in [2.05, 4.69) is 4.98 Å². The van der Waals surface area contributed by atoms with Crippen LogP contribution in [0, 0.1) is 10.1 Å². The molecular formula is C19H20N4O4. The highest BCUT2D eigenvalue weighted by Gasteiger charge is 2.45. The SMILES string of the molecule is CC(=O)CCN1[C@H](c2ccc([N+](=O)[O-])cc2)N(c2ccccn2)C(=O)[C@@H]1C. The molecule has 140 valence electrons. The van der Waals surface area contributed by atoms with Gasteiger partial charge in [-0.15, -0.1) is 0 Å². The summed E-state index contributed by atoms with van der Waals surface area (Å²) in [5, 5.41) is 10.9. The van der Waals surface area contributed by atoms with Gasteiger partial charge in [-0.1, -0.05) is 6.07 Å². The molecule has 1 aliphatic rings. The van der Waals surface area contributed by atoms with Crippen molar-refractivity contribution in [2.24, 2.45) is 0 Å². The fraction of sp³-hybridized carbons (Fsp3) is 0.316. The third-order valence-corrected chi connectivity index (χ3v) is 4.67. The average Bonchev–Trinajstić information content (AvgIpc) is 2.91. The summed E-state index contributed by atoms with van der Waals surface area (Å²) in [7, 11) is 0. The second-order valence-electron chi connectivity index (χ2n) is 6.48. The summed E-state index contributed by atoms with van der Waals surface area (Å²) in [4.78, 5) is 42.8. The maximum absolute atomic E-state index is 13.0. The molecule has 0 bridgehead atoms. The Morgan fingerprint density at radius 1 is 1.22 bits per heavy atom. The summed E-state index contributed by atoms with van der Waals surface area (Å²) in [6, 6.07) is 11.0. The molecule has 0 radical (unpaired) electrons. The fourth-order valence-corrected chi connectivity index (χ4v) is 3.27. The smallest absolute Gasteiger partial charge is 0.269 e. The number of nitro benzene ring substituents is 1. The van der Waals surface area contributed by atoms with Crippen molar-refractivity contribution < 1.29 is 14.5 Å². The van der Waals surface area contributed by atoms with Crippen LogP contribution in [0.3, 0.4) is 0 Å². The molecule has 2 atom stereocenters. The molecule has 2 heterocycles. The number of nitrogens with zero attached hydrogens (tertiary/aromatic N) is 4. The molecule has 0 unspecified atom stereocenters. The number of aromatic nitrogens is 1. The van der Waals surface area contributed by atoms with E-state index < -0.39 is 17.1 Å². The second-order valence-corrected chi connectivity index (χ2v) is 6.48. The van der Waals surface area contributed by atoms with Crippen LogP contribution in [0.2, 0.25) is 0 Å². The number of non-ortho nitro benzene ring substituents is 1. The first-order valence-corrected chi connectivity index (χ1v) is 8.64. The van der Waals surface area contributed by atoms with Gasteiger partial charge in [0.15, 0.2) is 0 Å². The van der Waals surface area contributed by atoms with Gasteiger partial charge in [-0.3, -0.25) is 29.5 Å². The largest absolute Gasteiger partial charge is 0.300 e. The minimum Gasteiger partial charge on any atom is -0.300 e. The van der Waals surface area contributed by atoms with Gasteiger partial charge >= 0.3 is 0 Å². The molecule has 27 heavy (non-hydrogen) atoms. The van der Waals surface area contributed by atoms with Gasteiger partial charge in [-0.05, 0) is 43.7 Å². The van der Waals surface area contributed by atoms with Crippen LogP contribution in [-0.2, 0) is 9.59 Å². The lowest BCUT2D eigenvalue weighted by Crippen LogP contribution is -2.34. The summed E-state index contributed by atoms with van der Waals surface area (Å²) in [6.07, 6.45) is 1.44. The number of carbonyl (C=O) groups excluding carboxylic acids is 2. The maximum Gasteiger partial charge on any atom is 0.269 e. The lowest BCUT2D eigenvalue weighted by molar-refractivity contribution is -0.384. The van der Waals surface area contributed by atoms with E-state index in [0.717, 1.165) is 5.56 Å². The van der Waals surface area contributed by atoms with E-state index in [1.807, 2.05) is 4.90 Å². The molecule has 1 fully saturated rings. The minimum atomic E-state index is -0.484. The van der Waals surface area contributed by atoms with E-state index in [4.69, 9.17) is 0 Å². The fourth-order valence-electron chi connectivity index (χ4n) is 3.27. The molecule has 1 aromatic carbocycles. The number of Topliss-reactive ketones (excluding diaryl/α,β-unsaturated/α-hetero) is 1. The monoisotopic (exact) mass is 368 g/mol. The zero-order valence-corrected chi connectivity index (χ0v) is 15.1. The van der Waals surface area contributed by atoms with Crippen LogP contribution in [0.5, 0.6) is 0 Å². The Labute approximate surface area is 156 Å². The Bertz CT molecular complexity index is 854. The number of carbonyl (C=O) groups is 2. The van der Waals surface area contributed by atoms with E-state index in [-0.39, 0.29) is 17.4 Å². The van der Waals surface area contributed by atoms with Crippen LogP contribution in [0.1, 0.15) is 32.0 Å². The maximum atomic E-state index is 13.0. The standard InChI is InChI=1S/C19H20N4O4/c1-13(24)10-12-21-14(2)19(25)22(17-5-3-4-11-20-17)18(21)15-6-8-16(9-7-15)23(26)27/h3-9,11,14,18H,10,12H2,1-2H3/t14-,18-/m0/s1. The highest BCUT2D eigenvalue weighted by atomic mass is 16.6. The van der Waals surface area contributed by atoms with Crippen LogP contribution < -0.4 is 4.90 Å². The van der Waals surface area contributed by atoms with Gasteiger partial charge in [0, 0.05) is 31.3 Å². The topological polar surface area (TPSA) is 96.7 Å². The van der Waals surface area contributed by atoms with E-state index in [9.17, 15) is 19.7 Å². The van der Waals surface area contributed by atoms with E-state index >= 15 is 0 Å². The molecule has 1 saturated heterocycles. The first kappa shape index (κ1) is 18.7. The minimum absolute atomic E-state index is 0.0178. The van der Waals surface area contributed by atoms with Crippen molar-refractivity contribution in [2.75, 3.05) is 11.4 Å². The number of hydrogen-bond donors (Lipinski definition) is 0. The molecule has 1 amide bonds. The highest BCUT2D eigenvalue weighted by Crippen LogP contribution is 2.37. The Kier molecular flexibility index (Phi) is 5.27. The number of rotatable bonds is 6. The first-order chi connectivity index (χ1) is 12.9. The van der Waals surface area contributed by atoms with Gasteiger partial charge in [-0.25, -0.2) is 4.98 Å². The molecule has 0 N–H and O–H groups in total. The normalized spacial score (nSPS) is 20.1. The Morgan fingerprint density at radius 2 is 1.93 bits per heavy atom. The third-order valence-electron chi connectivity index (χ3n) is 4.67. The van der Waals surface area contributed by atoms with E-state index in [1.54, 1.807) is 48.4 Å². The summed E-state index contributed by atoms with van der Waals surface area (Å²) in [5.74, 6) is 0.414. The van der Waals surface area contributed by atoms with Crippen LogP contribution in [0.15, 0.2) is 48.7 Å². The molecule has 3 rings (SSSR count). The van der Waals surface area contributed by atoms with Crippen LogP contribution in [0.4, 0.5) is 11.5 Å². The van der Waals surface area contributed by atoms with E-state index in [0.29, 0.717) is 18.8 Å². The van der Waals surface area contributed by atoms with Gasteiger partial charge < -0.3 is 0 Å². The van der Waals surface area contributed by atoms with Crippen molar-refractivity contribution in [3.63, 3.8) is 0 Å². The van der Waals surface area contributed by atoms with Gasteiger partial charge in [0.1, 0.15) is 17.8 Å². The average molecular weight is 368 g/mol. The number of benzene rings is 1. The number of amides is 1. The van der Waals surface area contributed by atoms with Crippen molar-refractivity contribution >= 4 is 23.2 Å². The van der Waals surface area contributed by atoms with Crippen LogP contribution in [-0.4, -0.2) is 39.1 Å². The quantitative estimate of drug-likeness (QED) is 0.574. The van der Waals surface area contributed by atoms with Crippen molar-refractivity contribution in [3.05, 3.63) is 64.3 Å². The molecule has 0 spiro atoms. The Balaban J connectivity index is 2.04. The number of hydrogen-bond acceptors (Lipinski definition) is 6. The lowest BCUT2D eigenvalue weighted by Gasteiger charge is -2.30. The van der Waals surface area contributed by atoms with Crippen molar-refractivity contribution in [2.45, 2.75) is 32.5 Å². The summed E-state index contributed by atoms with van der Waals surface area (Å²) >= 11 is 0. The molecule has 8 heteroatoms. The molecule has 0 saturated carbocycles. The zero-order chi connectivity index (χ0) is 19.6. The molecular weight excluding hydrogens is 348 g/mol. The molecule has 1 aromatic heterocycles. The zero-order valence-electron chi connectivity index (χ0n) is 15.1. The Morgan fingerprint density at radius 3 is 2.48 bits per heavy atom. The lowest BCUT2D eigenvalue weighted by atomic mass is 10.1. The summed E-state index contributed by atoms with van der Waals surface area (Å²) in [5.41, 5.74) is 0.711. The van der Waals surface area contributed by atoms with Gasteiger partial charge in [0.05, 0.1) is 11.0 Å². The molecule has 2 aromatic rings. The van der Waals surface area contributed by atoms with Gasteiger partial charge in [0.2, 0.25) is 5.91 Å². The van der Waals surface area contributed by atoms with Crippen molar-refractivity contribution in [3.8, 4) is 0 Å². The first-order valence-electron chi connectivity index (χ1n) is 8.64. The molecule has 1 aliphatic heterocycles. The predicted molar refractivity (Wildman–Crippen MR) is 99.0 cm³/mol. The van der Waals surface area contributed by atoms with Crippen molar-refractivity contribution in [1.82, 2.24) is 9.88 Å².